The zero-order valence-corrected chi connectivity index (χ0v) is 14.6. The number of rotatable bonds is 2. The quantitative estimate of drug-likeness (QED) is 0.897. The predicted octanol–water partition coefficient (Wildman–Crippen LogP) is 3.90. The van der Waals surface area contributed by atoms with Gasteiger partial charge >= 0.3 is 5.97 Å². The molecule has 0 amide bonds. The SMILES string of the molecule is CC1=C(C(=O)O)C(c2ccc(C)cc2)C2C(=O)CC(C)(C)CC2=N1. The standard InChI is InChI=1S/C20H23NO3/c1-11-5-7-13(8-6-11)17-16(19(23)24)12(2)21-14-9-20(3,4)10-15(22)18(14)17/h5-8,17-18H,9-10H2,1-4H3,(H,23,24). The van der Waals surface area contributed by atoms with Gasteiger partial charge in [-0.25, -0.2) is 4.79 Å². The van der Waals surface area contributed by atoms with Crippen LogP contribution >= 0.6 is 0 Å². The summed E-state index contributed by atoms with van der Waals surface area (Å²) in [5.41, 5.74) is 3.47. The van der Waals surface area contributed by atoms with E-state index in [-0.39, 0.29) is 16.8 Å². The fourth-order valence-corrected chi connectivity index (χ4v) is 4.01. The van der Waals surface area contributed by atoms with Crippen LogP contribution in [0.1, 0.15) is 50.7 Å². The average Bonchev–Trinajstić information content (AvgIpc) is 2.44. The van der Waals surface area contributed by atoms with Gasteiger partial charge in [-0.15, -0.1) is 0 Å². The summed E-state index contributed by atoms with van der Waals surface area (Å²) in [6.45, 7) is 7.86. The number of aliphatic imine (C=N–C) groups is 1. The van der Waals surface area contributed by atoms with E-state index in [2.05, 4.69) is 18.8 Å². The number of fused-ring (bicyclic) bond motifs is 1. The van der Waals surface area contributed by atoms with Crippen LogP contribution in [0.3, 0.4) is 0 Å². The van der Waals surface area contributed by atoms with Crippen molar-refractivity contribution >= 4 is 17.5 Å². The number of ketones is 1. The molecule has 1 aromatic carbocycles. The molecule has 1 saturated carbocycles. The first-order valence-electron chi connectivity index (χ1n) is 8.30. The number of aryl methyl sites for hydroxylation is 1. The average molecular weight is 325 g/mol. The molecule has 1 heterocycles. The van der Waals surface area contributed by atoms with Crippen molar-refractivity contribution in [3.63, 3.8) is 0 Å². The first-order chi connectivity index (χ1) is 11.2. The van der Waals surface area contributed by atoms with Crippen molar-refractivity contribution < 1.29 is 14.7 Å². The Morgan fingerprint density at radius 2 is 1.75 bits per heavy atom. The van der Waals surface area contributed by atoms with Crippen molar-refractivity contribution in [3.8, 4) is 0 Å². The van der Waals surface area contributed by atoms with Gasteiger partial charge in [-0.1, -0.05) is 43.7 Å². The molecular formula is C20H23NO3. The summed E-state index contributed by atoms with van der Waals surface area (Å²) in [4.78, 5) is 29.3. The molecule has 1 fully saturated rings. The van der Waals surface area contributed by atoms with Gasteiger partial charge in [0.2, 0.25) is 0 Å². The van der Waals surface area contributed by atoms with Gasteiger partial charge < -0.3 is 5.11 Å². The molecule has 1 aliphatic heterocycles. The summed E-state index contributed by atoms with van der Waals surface area (Å²) in [7, 11) is 0. The molecule has 0 bridgehead atoms. The second kappa shape index (κ2) is 5.69. The topological polar surface area (TPSA) is 66.7 Å². The summed E-state index contributed by atoms with van der Waals surface area (Å²) < 4.78 is 0. The van der Waals surface area contributed by atoms with Gasteiger partial charge in [0, 0.05) is 23.7 Å². The van der Waals surface area contributed by atoms with Crippen molar-refractivity contribution in [2.45, 2.75) is 46.5 Å². The number of carboxylic acid groups (broad SMARTS) is 1. The Kier molecular flexibility index (Phi) is 3.94. The van der Waals surface area contributed by atoms with Gasteiger partial charge in [0.15, 0.2) is 0 Å². The highest BCUT2D eigenvalue weighted by Gasteiger charge is 2.47. The van der Waals surface area contributed by atoms with E-state index in [0.29, 0.717) is 12.1 Å². The van der Waals surface area contributed by atoms with E-state index < -0.39 is 17.8 Å². The Bertz CT molecular complexity index is 769. The first-order valence-corrected chi connectivity index (χ1v) is 8.30. The van der Waals surface area contributed by atoms with Gasteiger partial charge in [0.05, 0.1) is 11.5 Å². The number of hydrogen-bond donors (Lipinski definition) is 1. The molecule has 2 aliphatic rings. The van der Waals surface area contributed by atoms with Crippen molar-refractivity contribution in [1.82, 2.24) is 0 Å². The summed E-state index contributed by atoms with van der Waals surface area (Å²) in [6.07, 6.45) is 1.20. The van der Waals surface area contributed by atoms with Crippen LogP contribution in [0.4, 0.5) is 0 Å². The molecule has 24 heavy (non-hydrogen) atoms. The summed E-state index contributed by atoms with van der Waals surface area (Å²) in [5, 5.41) is 9.74. The van der Waals surface area contributed by atoms with Gasteiger partial charge in [-0.2, -0.15) is 0 Å². The molecule has 2 unspecified atom stereocenters. The number of Topliss-reactive ketones (excluding diaryl/α,β-unsaturated/α-hetero) is 1. The third-order valence-electron chi connectivity index (χ3n) is 5.03. The molecular weight excluding hydrogens is 302 g/mol. The van der Waals surface area contributed by atoms with Crippen LogP contribution in [0.15, 0.2) is 40.5 Å². The van der Waals surface area contributed by atoms with Crippen molar-refractivity contribution in [1.29, 1.82) is 0 Å². The lowest BCUT2D eigenvalue weighted by Crippen LogP contribution is -2.43. The molecule has 3 rings (SSSR count). The summed E-state index contributed by atoms with van der Waals surface area (Å²) in [5.74, 6) is -1.78. The molecule has 0 saturated heterocycles. The molecule has 4 nitrogen and oxygen atoms in total. The second-order valence-corrected chi connectivity index (χ2v) is 7.76. The molecule has 2 atom stereocenters. The number of nitrogens with zero attached hydrogens (tertiary/aromatic N) is 1. The minimum absolute atomic E-state index is 0.0989. The molecule has 1 N–H and O–H groups in total. The lowest BCUT2D eigenvalue weighted by molar-refractivity contribution is -0.133. The summed E-state index contributed by atoms with van der Waals surface area (Å²) in [6, 6.07) is 7.80. The van der Waals surface area contributed by atoms with Gasteiger partial charge in [-0.05, 0) is 31.2 Å². The monoisotopic (exact) mass is 325 g/mol. The largest absolute Gasteiger partial charge is 0.478 e. The van der Waals surface area contributed by atoms with E-state index in [9.17, 15) is 14.7 Å². The minimum atomic E-state index is -0.987. The normalized spacial score (nSPS) is 26.0. The molecule has 126 valence electrons. The van der Waals surface area contributed by atoms with Gasteiger partial charge in [0.1, 0.15) is 5.78 Å². The third-order valence-corrected chi connectivity index (χ3v) is 5.03. The number of carboxylic acids is 1. The Labute approximate surface area is 142 Å². The second-order valence-electron chi connectivity index (χ2n) is 7.76. The van der Waals surface area contributed by atoms with Crippen LogP contribution in [-0.2, 0) is 9.59 Å². The maximum atomic E-state index is 12.9. The lowest BCUT2D eigenvalue weighted by Gasteiger charge is -2.40. The minimum Gasteiger partial charge on any atom is -0.478 e. The van der Waals surface area contributed by atoms with E-state index in [0.717, 1.165) is 23.3 Å². The van der Waals surface area contributed by atoms with E-state index in [4.69, 9.17) is 0 Å². The van der Waals surface area contributed by atoms with Crippen LogP contribution in [-0.4, -0.2) is 22.6 Å². The van der Waals surface area contributed by atoms with Crippen molar-refractivity contribution in [3.05, 3.63) is 46.7 Å². The van der Waals surface area contributed by atoms with Crippen LogP contribution in [0.25, 0.3) is 0 Å². The molecule has 4 heteroatoms. The number of aliphatic carboxylic acids is 1. The Hall–Kier alpha value is -2.23. The van der Waals surface area contributed by atoms with Crippen LogP contribution in [0.2, 0.25) is 0 Å². The highest BCUT2D eigenvalue weighted by atomic mass is 16.4. The Morgan fingerprint density at radius 3 is 2.33 bits per heavy atom. The molecule has 1 aromatic rings. The lowest BCUT2D eigenvalue weighted by atomic mass is 9.63. The molecule has 0 spiro atoms. The highest BCUT2D eigenvalue weighted by Crippen LogP contribution is 2.46. The van der Waals surface area contributed by atoms with Crippen LogP contribution in [0.5, 0.6) is 0 Å². The zero-order chi connectivity index (χ0) is 17.6. The number of hydrogen-bond acceptors (Lipinski definition) is 3. The number of allylic oxidation sites excluding steroid dienone is 1. The highest BCUT2D eigenvalue weighted by molar-refractivity contribution is 6.12. The summed E-state index contributed by atoms with van der Waals surface area (Å²) >= 11 is 0. The van der Waals surface area contributed by atoms with Crippen molar-refractivity contribution in [2.75, 3.05) is 0 Å². The molecule has 0 radical (unpaired) electrons. The zero-order valence-electron chi connectivity index (χ0n) is 14.6. The van der Waals surface area contributed by atoms with Gasteiger partial charge in [0.25, 0.3) is 0 Å². The van der Waals surface area contributed by atoms with Crippen LogP contribution in [0, 0.1) is 18.3 Å². The van der Waals surface area contributed by atoms with E-state index in [1.165, 1.54) is 0 Å². The smallest absolute Gasteiger partial charge is 0.334 e. The maximum absolute atomic E-state index is 12.9. The Balaban J connectivity index is 2.17. The fraction of sp³-hybridized carbons (Fsp3) is 0.450. The van der Waals surface area contributed by atoms with Crippen LogP contribution < -0.4 is 0 Å². The third kappa shape index (κ3) is 2.81. The number of carbonyl (C=O) groups excluding carboxylic acids is 1. The first kappa shape index (κ1) is 16.6. The van der Waals surface area contributed by atoms with Gasteiger partial charge in [-0.3, -0.25) is 9.79 Å². The molecule has 1 aliphatic carbocycles. The van der Waals surface area contributed by atoms with E-state index >= 15 is 0 Å². The number of carbonyl (C=O) groups is 2. The predicted molar refractivity (Wildman–Crippen MR) is 93.2 cm³/mol. The number of benzene rings is 1. The Morgan fingerprint density at radius 1 is 1.12 bits per heavy atom. The molecule has 0 aromatic heterocycles. The maximum Gasteiger partial charge on any atom is 0.334 e. The van der Waals surface area contributed by atoms with Crippen molar-refractivity contribution in [2.24, 2.45) is 16.3 Å². The van der Waals surface area contributed by atoms with E-state index in [1.807, 2.05) is 31.2 Å². The fourth-order valence-electron chi connectivity index (χ4n) is 4.01. The van der Waals surface area contributed by atoms with E-state index in [1.54, 1.807) is 6.92 Å².